The van der Waals surface area contributed by atoms with E-state index in [-0.39, 0.29) is 19.7 Å². The Kier molecular flexibility index (Phi) is 3.45. The van der Waals surface area contributed by atoms with E-state index in [0.717, 1.165) is 14.8 Å². The van der Waals surface area contributed by atoms with Gasteiger partial charge in [-0.1, -0.05) is 0 Å². The van der Waals surface area contributed by atoms with Crippen LogP contribution in [0.5, 0.6) is 0 Å². The third kappa shape index (κ3) is 2.64. The summed E-state index contributed by atoms with van der Waals surface area (Å²) in [6, 6.07) is 0. The number of thiazole rings is 1. The van der Waals surface area contributed by atoms with Gasteiger partial charge in [0.25, 0.3) is 10.2 Å². The third-order valence-corrected chi connectivity index (χ3v) is 4.24. The van der Waals surface area contributed by atoms with Gasteiger partial charge in [0.05, 0.1) is 25.0 Å². The number of hydrogen-bond acceptors (Lipinski definition) is 5. The molecule has 3 N–H and O–H groups in total. The van der Waals surface area contributed by atoms with Gasteiger partial charge in [-0.3, -0.25) is 4.40 Å². The van der Waals surface area contributed by atoms with Crippen molar-refractivity contribution < 1.29 is 13.5 Å². The molecule has 94 valence electrons. The normalized spacial score (nSPS) is 12.6. The molecule has 2 aromatic heterocycles. The van der Waals surface area contributed by atoms with Gasteiger partial charge in [-0.05, 0) is 0 Å². The highest BCUT2D eigenvalue weighted by atomic mass is 32.2. The minimum atomic E-state index is -3.81. The lowest BCUT2D eigenvalue weighted by Crippen LogP contribution is -2.38. The maximum absolute atomic E-state index is 11.3. The summed E-state index contributed by atoms with van der Waals surface area (Å²) in [5.41, 5.74) is 0.768. The molecule has 0 aliphatic carbocycles. The van der Waals surface area contributed by atoms with Crippen molar-refractivity contribution in [3.8, 4) is 0 Å². The highest BCUT2D eigenvalue weighted by molar-refractivity contribution is 7.86. The largest absolute Gasteiger partial charge is 0.395 e. The molecule has 0 unspecified atom stereocenters. The molecule has 2 aromatic rings. The number of rotatable bonds is 5. The van der Waals surface area contributed by atoms with Gasteiger partial charge in [0.2, 0.25) is 0 Å². The minimum Gasteiger partial charge on any atom is -0.395 e. The van der Waals surface area contributed by atoms with Crippen molar-refractivity contribution in [2.45, 2.75) is 6.54 Å². The van der Waals surface area contributed by atoms with E-state index in [1.807, 2.05) is 5.38 Å². The molecule has 2 heterocycles. The Morgan fingerprint density at radius 2 is 2.35 bits per heavy atom. The van der Waals surface area contributed by atoms with Crippen molar-refractivity contribution in [2.75, 3.05) is 13.2 Å². The molecule has 0 spiro atoms. The van der Waals surface area contributed by atoms with Crippen molar-refractivity contribution in [3.05, 3.63) is 23.6 Å². The summed E-state index contributed by atoms with van der Waals surface area (Å²) in [7, 11) is -3.81. The molecule has 2 rings (SSSR count). The summed E-state index contributed by atoms with van der Waals surface area (Å²) < 4.78 is 25.4. The third-order valence-electron chi connectivity index (χ3n) is 2.28. The number of nitrogens with two attached hydrogens (primary N) is 1. The predicted octanol–water partition coefficient (Wildman–Crippen LogP) is -0.606. The zero-order valence-electron chi connectivity index (χ0n) is 8.85. The standard InChI is InChI=1S/C8H12N4O3S2/c9-17(14,15)11(1-2-13)4-7-5-16-8-3-10-6-12(7)8/h3,5-6,13H,1-2,4H2,(H2,9,14,15). The predicted molar refractivity (Wildman–Crippen MR) is 63.7 cm³/mol. The summed E-state index contributed by atoms with van der Waals surface area (Å²) in [4.78, 5) is 4.89. The van der Waals surface area contributed by atoms with Crippen LogP contribution in [-0.2, 0) is 16.8 Å². The Morgan fingerprint density at radius 1 is 1.59 bits per heavy atom. The van der Waals surface area contributed by atoms with Crippen molar-refractivity contribution in [1.29, 1.82) is 0 Å². The first kappa shape index (κ1) is 12.5. The van der Waals surface area contributed by atoms with Crippen LogP contribution < -0.4 is 5.14 Å². The number of aliphatic hydroxyl groups is 1. The first-order chi connectivity index (χ1) is 8.02. The van der Waals surface area contributed by atoms with E-state index in [1.54, 1.807) is 16.9 Å². The van der Waals surface area contributed by atoms with E-state index in [9.17, 15) is 8.42 Å². The topological polar surface area (TPSA) is 101 Å². The van der Waals surface area contributed by atoms with E-state index >= 15 is 0 Å². The van der Waals surface area contributed by atoms with Gasteiger partial charge in [0.1, 0.15) is 11.2 Å². The Balaban J connectivity index is 2.27. The van der Waals surface area contributed by atoms with Crippen LogP contribution in [0.3, 0.4) is 0 Å². The van der Waals surface area contributed by atoms with E-state index in [4.69, 9.17) is 10.2 Å². The molecule has 0 atom stereocenters. The molecule has 0 fully saturated rings. The SMILES string of the molecule is NS(=O)(=O)N(CCO)Cc1csc2cncn12. The maximum Gasteiger partial charge on any atom is 0.277 e. The van der Waals surface area contributed by atoms with Crippen molar-refractivity contribution in [3.63, 3.8) is 0 Å². The van der Waals surface area contributed by atoms with Gasteiger partial charge in [-0.2, -0.15) is 12.7 Å². The lowest BCUT2D eigenvalue weighted by atomic mass is 10.4. The number of aromatic nitrogens is 2. The van der Waals surface area contributed by atoms with Crippen molar-refractivity contribution >= 4 is 26.4 Å². The number of fused-ring (bicyclic) bond motifs is 1. The second-order valence-corrected chi connectivity index (χ2v) is 5.87. The molecule has 7 nitrogen and oxygen atoms in total. The Bertz CT molecular complexity index is 603. The van der Waals surface area contributed by atoms with Crippen LogP contribution in [0, 0.1) is 0 Å². The van der Waals surface area contributed by atoms with Crippen LogP contribution in [0.2, 0.25) is 0 Å². The summed E-state index contributed by atoms with van der Waals surface area (Å²) in [6.07, 6.45) is 3.31. The quantitative estimate of drug-likeness (QED) is 0.761. The zero-order valence-corrected chi connectivity index (χ0v) is 10.5. The van der Waals surface area contributed by atoms with E-state index in [1.165, 1.54) is 11.3 Å². The van der Waals surface area contributed by atoms with Gasteiger partial charge in [0, 0.05) is 11.9 Å². The lowest BCUT2D eigenvalue weighted by molar-refractivity contribution is 0.250. The Morgan fingerprint density at radius 3 is 3.00 bits per heavy atom. The fourth-order valence-corrected chi connectivity index (χ4v) is 2.97. The van der Waals surface area contributed by atoms with Gasteiger partial charge >= 0.3 is 0 Å². The first-order valence-corrected chi connectivity index (χ1v) is 7.18. The second kappa shape index (κ2) is 4.70. The zero-order chi connectivity index (χ0) is 12.5. The van der Waals surface area contributed by atoms with Crippen LogP contribution in [0.1, 0.15) is 5.69 Å². The molecular weight excluding hydrogens is 264 g/mol. The average molecular weight is 276 g/mol. The average Bonchev–Trinajstić information content (AvgIpc) is 2.79. The summed E-state index contributed by atoms with van der Waals surface area (Å²) in [6.45, 7) is -0.172. The minimum absolute atomic E-state index is 0.0229. The highest BCUT2D eigenvalue weighted by Gasteiger charge is 2.18. The Labute approximate surface area is 102 Å². The molecule has 0 amide bonds. The summed E-state index contributed by atoms with van der Waals surface area (Å²) in [5, 5.41) is 15.7. The second-order valence-electron chi connectivity index (χ2n) is 3.43. The number of nitrogens with zero attached hydrogens (tertiary/aromatic N) is 3. The van der Waals surface area contributed by atoms with Crippen LogP contribution in [0.15, 0.2) is 17.9 Å². The van der Waals surface area contributed by atoms with Gasteiger partial charge < -0.3 is 5.11 Å². The van der Waals surface area contributed by atoms with Gasteiger partial charge in [0.15, 0.2) is 0 Å². The molecule has 0 aliphatic heterocycles. The van der Waals surface area contributed by atoms with Gasteiger partial charge in [-0.25, -0.2) is 10.1 Å². The van der Waals surface area contributed by atoms with E-state index in [2.05, 4.69) is 4.98 Å². The van der Waals surface area contributed by atoms with Crippen molar-refractivity contribution in [1.82, 2.24) is 13.7 Å². The van der Waals surface area contributed by atoms with Crippen LogP contribution in [-0.4, -0.2) is 40.4 Å². The first-order valence-electron chi connectivity index (χ1n) is 4.79. The number of imidazole rings is 1. The molecule has 0 bridgehead atoms. The highest BCUT2D eigenvalue weighted by Crippen LogP contribution is 2.17. The molecule has 0 aromatic carbocycles. The van der Waals surface area contributed by atoms with E-state index < -0.39 is 10.2 Å². The molecule has 0 aliphatic rings. The molecule has 0 radical (unpaired) electrons. The monoisotopic (exact) mass is 276 g/mol. The lowest BCUT2D eigenvalue weighted by Gasteiger charge is -2.17. The summed E-state index contributed by atoms with van der Waals surface area (Å²) in [5.74, 6) is 0. The molecular formula is C8H12N4O3S2. The fourth-order valence-electron chi connectivity index (χ4n) is 1.47. The maximum atomic E-state index is 11.3. The number of aliphatic hydroxyl groups excluding tert-OH is 1. The van der Waals surface area contributed by atoms with E-state index in [0.29, 0.717) is 0 Å². The molecule has 9 heteroatoms. The van der Waals surface area contributed by atoms with Crippen LogP contribution >= 0.6 is 11.3 Å². The van der Waals surface area contributed by atoms with Crippen LogP contribution in [0.25, 0.3) is 4.83 Å². The summed E-state index contributed by atoms with van der Waals surface area (Å²) >= 11 is 1.47. The molecule has 0 saturated carbocycles. The molecule has 0 saturated heterocycles. The number of hydrogen-bond donors (Lipinski definition) is 2. The van der Waals surface area contributed by atoms with Crippen molar-refractivity contribution in [2.24, 2.45) is 5.14 Å². The smallest absolute Gasteiger partial charge is 0.277 e. The van der Waals surface area contributed by atoms with Gasteiger partial charge in [-0.15, -0.1) is 11.3 Å². The van der Waals surface area contributed by atoms with Crippen LogP contribution in [0.4, 0.5) is 0 Å². The fraction of sp³-hybridized carbons (Fsp3) is 0.375. The Hall–Kier alpha value is -1.00. The molecule has 17 heavy (non-hydrogen) atoms.